The van der Waals surface area contributed by atoms with E-state index in [0.717, 1.165) is 0 Å². The number of amides is 2. The molecule has 4 nitrogen and oxygen atoms in total. The number of hydrogen-bond donors (Lipinski definition) is 1. The molecule has 1 unspecified atom stereocenters. The minimum atomic E-state index is -0.463. The van der Waals surface area contributed by atoms with Crippen LogP contribution in [0.15, 0.2) is 30.3 Å². The molecule has 0 aromatic heterocycles. The van der Waals surface area contributed by atoms with Crippen molar-refractivity contribution < 1.29 is 83.6 Å². The molecule has 5 heteroatoms. The quantitative estimate of drug-likeness (QED) is 0.546. The van der Waals surface area contributed by atoms with E-state index >= 15 is 0 Å². The van der Waals surface area contributed by atoms with Crippen LogP contribution >= 0.6 is 0 Å². The van der Waals surface area contributed by atoms with E-state index in [-0.39, 0.29) is 83.7 Å². The Morgan fingerprint density at radius 1 is 1.10 bits per heavy atom. The van der Waals surface area contributed by atoms with E-state index in [4.69, 9.17) is 11.7 Å². The normalized spacial score (nSPS) is 11.2. The minimum absolute atomic E-state index is 0. The van der Waals surface area contributed by atoms with Gasteiger partial charge in [0, 0.05) is 17.2 Å². The maximum absolute atomic E-state index is 10.9. The molecule has 1 aromatic rings. The van der Waals surface area contributed by atoms with Crippen molar-refractivity contribution in [2.45, 2.75) is 26.9 Å². The van der Waals surface area contributed by atoms with Crippen LogP contribution in [0.1, 0.15) is 41.5 Å². The smallest absolute Gasteiger partial charge is 0.587 e. The van der Waals surface area contributed by atoms with Crippen molar-refractivity contribution in [3.63, 3.8) is 0 Å². The fourth-order valence-electron chi connectivity index (χ4n) is 1.07. The number of imide groups is 1. The zero-order valence-corrected chi connectivity index (χ0v) is 20.0. The summed E-state index contributed by atoms with van der Waals surface area (Å²) in [5, 5.41) is 11.5. The Morgan fingerprint density at radius 2 is 1.38 bits per heavy atom. The van der Waals surface area contributed by atoms with E-state index in [2.05, 4.69) is 5.32 Å². The van der Waals surface area contributed by atoms with E-state index in [1.807, 2.05) is 13.8 Å². The summed E-state index contributed by atoms with van der Waals surface area (Å²) in [4.78, 5) is 21.8. The summed E-state index contributed by atoms with van der Waals surface area (Å²) >= 11 is 0. The zero-order chi connectivity index (χ0) is 14.1. The van der Waals surface area contributed by atoms with Crippen molar-refractivity contribution in [2.75, 3.05) is 0 Å². The number of benzene rings is 1. The number of aliphatic hydroxyl groups is 1. The Morgan fingerprint density at radius 3 is 1.62 bits per heavy atom. The molecule has 0 spiro atoms. The van der Waals surface area contributed by atoms with Crippen molar-refractivity contribution in [3.05, 3.63) is 68.2 Å². The molecule has 1 atom stereocenters. The predicted molar refractivity (Wildman–Crippen MR) is 83.2 cm³/mol. The topological polar surface area (TPSA) is 68.5 Å². The van der Waals surface area contributed by atoms with E-state index in [0.29, 0.717) is 11.1 Å². The largest absolute Gasteiger partial charge is 1.00 e. The second kappa shape index (κ2) is 16.5. The van der Waals surface area contributed by atoms with Crippen LogP contribution in [-0.4, -0.2) is 23.0 Å². The molecule has 114 valence electrons. The zero-order valence-electron chi connectivity index (χ0n) is 13.8. The molecule has 0 radical (unpaired) electrons. The second-order valence-electron chi connectivity index (χ2n) is 3.20. The van der Waals surface area contributed by atoms with Gasteiger partial charge in [-0.15, -0.1) is 0 Å². The van der Waals surface area contributed by atoms with Crippen molar-refractivity contribution in [2.24, 2.45) is 0 Å². The first-order chi connectivity index (χ1) is 8.56. The predicted octanol–water partition coefficient (Wildman–Crippen LogP) is 0.641. The number of carbonyl (C=O) groups is 2. The summed E-state index contributed by atoms with van der Waals surface area (Å²) in [6, 6.07) is 6.63. The Hall–Kier alpha value is 0.112. The Balaban J connectivity index is -0.000000128. The van der Waals surface area contributed by atoms with Gasteiger partial charge in [-0.2, -0.15) is 0 Å². The molecule has 21 heavy (non-hydrogen) atoms. The standard InChI is InChI=1S/C8H5NO2.C4H7O.C2H6.2CH3.Cs/c10-7-5-3-1-2-4-6(5)8(11)9-7;1-3-4(2)5;1-2;;;/h1-4H,(H,9,10,11);1,3-5H,2H3;1-2H3;2*1H3;/q;-1;;2*-1;+1/p-1. The first-order valence-electron chi connectivity index (χ1n) is 5.69. The van der Waals surface area contributed by atoms with E-state index in [9.17, 15) is 9.59 Å². The van der Waals surface area contributed by atoms with E-state index in [1.165, 1.54) is 6.08 Å². The molecular formula is C16H23CsNO3-3. The Kier molecular flexibility index (Phi) is 22.9. The van der Waals surface area contributed by atoms with Crippen LogP contribution in [0.3, 0.4) is 0 Å². The Labute approximate surface area is 187 Å². The maximum Gasteiger partial charge on any atom is 1.00 e. The SMILES string of the molecule is CC.O=C1[N-]C(=O)c2ccccc21.[CH-]=CC(C)O.[CH3-].[CH3-].[Cs+]. The van der Waals surface area contributed by atoms with Gasteiger partial charge in [0.2, 0.25) is 0 Å². The van der Waals surface area contributed by atoms with Crippen molar-refractivity contribution in [1.82, 2.24) is 0 Å². The molecule has 0 saturated heterocycles. The number of fused-ring (bicyclic) bond motifs is 1. The van der Waals surface area contributed by atoms with Crippen LogP contribution in [-0.2, 0) is 0 Å². The van der Waals surface area contributed by atoms with Crippen LogP contribution < -0.4 is 68.9 Å². The molecule has 0 fully saturated rings. The monoisotopic (exact) mass is 410 g/mol. The summed E-state index contributed by atoms with van der Waals surface area (Å²) in [5.41, 5.74) is 0.829. The van der Waals surface area contributed by atoms with Crippen LogP contribution in [0.5, 0.6) is 0 Å². The van der Waals surface area contributed by atoms with Gasteiger partial charge in [0.05, 0.1) is 11.8 Å². The van der Waals surface area contributed by atoms with Crippen molar-refractivity contribution in [3.8, 4) is 0 Å². The van der Waals surface area contributed by atoms with Gasteiger partial charge < -0.3 is 41.4 Å². The third-order valence-electron chi connectivity index (χ3n) is 1.87. The molecule has 2 rings (SSSR count). The van der Waals surface area contributed by atoms with Gasteiger partial charge in [0.15, 0.2) is 0 Å². The molecule has 1 heterocycles. The van der Waals surface area contributed by atoms with E-state index < -0.39 is 17.9 Å². The first-order valence-corrected chi connectivity index (χ1v) is 5.69. The van der Waals surface area contributed by atoms with Crippen molar-refractivity contribution in [1.29, 1.82) is 0 Å². The fraction of sp³-hybridized carbons (Fsp3) is 0.250. The molecule has 2 amide bonds. The van der Waals surface area contributed by atoms with Crippen LogP contribution in [0, 0.1) is 21.4 Å². The Bertz CT molecular complexity index is 398. The minimum Gasteiger partial charge on any atom is -0.587 e. The van der Waals surface area contributed by atoms with Crippen LogP contribution in [0.4, 0.5) is 0 Å². The summed E-state index contributed by atoms with van der Waals surface area (Å²) in [7, 11) is 0. The van der Waals surface area contributed by atoms with Gasteiger partial charge >= 0.3 is 68.9 Å². The van der Waals surface area contributed by atoms with Gasteiger partial charge in [-0.1, -0.05) is 38.1 Å². The van der Waals surface area contributed by atoms with Gasteiger partial charge in [0.1, 0.15) is 0 Å². The third-order valence-corrected chi connectivity index (χ3v) is 1.87. The average molecular weight is 410 g/mol. The number of hydrogen-bond acceptors (Lipinski definition) is 3. The summed E-state index contributed by atoms with van der Waals surface area (Å²) in [5.74, 6) is -0.851. The fourth-order valence-corrected chi connectivity index (χ4v) is 1.07. The molecular weight excluding hydrogens is 387 g/mol. The average Bonchev–Trinajstić information content (AvgIpc) is 2.69. The summed E-state index contributed by atoms with van der Waals surface area (Å²) in [6.45, 7) is 10.4. The number of rotatable bonds is 1. The van der Waals surface area contributed by atoms with E-state index in [1.54, 1.807) is 31.2 Å². The van der Waals surface area contributed by atoms with Gasteiger partial charge in [0.25, 0.3) is 0 Å². The third kappa shape index (κ3) is 10.5. The van der Waals surface area contributed by atoms with Crippen molar-refractivity contribution >= 4 is 11.8 Å². The van der Waals surface area contributed by atoms with Gasteiger partial charge in [-0.25, -0.2) is 6.08 Å². The van der Waals surface area contributed by atoms with Crippen LogP contribution in [0.2, 0.25) is 0 Å². The molecule has 0 bridgehead atoms. The van der Waals surface area contributed by atoms with Crippen LogP contribution in [0.25, 0.3) is 5.32 Å². The summed E-state index contributed by atoms with van der Waals surface area (Å²) < 4.78 is 0. The number of carbonyl (C=O) groups excluding carboxylic acids is 2. The summed E-state index contributed by atoms with van der Waals surface area (Å²) in [6.07, 6.45) is 0.759. The molecule has 1 N–H and O–H groups in total. The number of nitrogens with zero attached hydrogens (tertiary/aromatic N) is 1. The first kappa shape index (κ1) is 29.2. The second-order valence-corrected chi connectivity index (χ2v) is 3.20. The van der Waals surface area contributed by atoms with Gasteiger partial charge in [-0.3, -0.25) is 0 Å². The maximum atomic E-state index is 10.9. The molecule has 0 aliphatic carbocycles. The number of aliphatic hydroxyl groups excluding tert-OH is 1. The molecule has 0 saturated carbocycles. The molecule has 1 aliphatic heterocycles. The molecule has 1 aromatic carbocycles. The van der Waals surface area contributed by atoms with Gasteiger partial charge in [-0.05, 0) is 6.92 Å². The molecule has 1 aliphatic rings.